The zero-order valence-electron chi connectivity index (χ0n) is 13.0. The van der Waals surface area contributed by atoms with Crippen LogP contribution >= 0.6 is 0 Å². The van der Waals surface area contributed by atoms with Crippen molar-refractivity contribution in [3.63, 3.8) is 0 Å². The summed E-state index contributed by atoms with van der Waals surface area (Å²) in [5, 5.41) is 0. The minimum atomic E-state index is -0.453. The Labute approximate surface area is 126 Å². The Hall–Kier alpha value is -1.84. The van der Waals surface area contributed by atoms with Crippen molar-refractivity contribution in [1.29, 1.82) is 0 Å². The normalized spacial score (nSPS) is 18.6. The molecule has 21 heavy (non-hydrogen) atoms. The van der Waals surface area contributed by atoms with Crippen LogP contribution in [-0.4, -0.2) is 36.0 Å². The summed E-state index contributed by atoms with van der Waals surface area (Å²) in [4.78, 5) is 24.3. The van der Waals surface area contributed by atoms with E-state index in [0.717, 1.165) is 24.8 Å². The Bertz CT molecular complexity index is 502. The predicted molar refractivity (Wildman–Crippen MR) is 81.4 cm³/mol. The number of nitrogens with zero attached hydrogens (tertiary/aromatic N) is 1. The number of rotatable bonds is 3. The van der Waals surface area contributed by atoms with Crippen molar-refractivity contribution in [2.45, 2.75) is 45.1 Å². The highest BCUT2D eigenvalue weighted by Crippen LogP contribution is 2.28. The van der Waals surface area contributed by atoms with Crippen molar-refractivity contribution in [2.24, 2.45) is 0 Å². The largest absolute Gasteiger partial charge is 0.444 e. The molecule has 1 aromatic rings. The first-order valence-corrected chi connectivity index (χ1v) is 7.39. The third-order valence-electron chi connectivity index (χ3n) is 3.61. The Kier molecular flexibility index (Phi) is 4.66. The molecule has 1 aromatic carbocycles. The lowest BCUT2D eigenvalue weighted by molar-refractivity contribution is -0.107. The van der Waals surface area contributed by atoms with Gasteiger partial charge in [-0.2, -0.15) is 0 Å². The molecule has 0 spiro atoms. The van der Waals surface area contributed by atoms with Crippen LogP contribution in [0.15, 0.2) is 24.3 Å². The van der Waals surface area contributed by atoms with Crippen molar-refractivity contribution >= 4 is 12.4 Å². The molecule has 0 saturated carbocycles. The quantitative estimate of drug-likeness (QED) is 0.803. The molecular formula is C17H23NO3. The van der Waals surface area contributed by atoms with Gasteiger partial charge in [0.05, 0.1) is 0 Å². The minimum Gasteiger partial charge on any atom is -0.444 e. The molecule has 1 atom stereocenters. The smallest absolute Gasteiger partial charge is 0.410 e. The van der Waals surface area contributed by atoms with Crippen LogP contribution in [0.1, 0.15) is 44.2 Å². The van der Waals surface area contributed by atoms with Crippen LogP contribution in [0, 0.1) is 0 Å². The number of benzene rings is 1. The summed E-state index contributed by atoms with van der Waals surface area (Å²) in [5.41, 5.74) is 1.79. The number of hydrogen-bond donors (Lipinski definition) is 0. The van der Waals surface area contributed by atoms with Crippen molar-refractivity contribution in [3.8, 4) is 0 Å². The van der Waals surface area contributed by atoms with Crippen LogP contribution in [0.5, 0.6) is 0 Å². The van der Waals surface area contributed by atoms with Gasteiger partial charge in [-0.3, -0.25) is 0 Å². The number of likely N-dealkylation sites (tertiary alicyclic amines) is 1. The highest BCUT2D eigenvalue weighted by Gasteiger charge is 2.30. The van der Waals surface area contributed by atoms with E-state index in [0.29, 0.717) is 18.9 Å². The maximum absolute atomic E-state index is 12.0. The fourth-order valence-electron chi connectivity index (χ4n) is 2.55. The zero-order chi connectivity index (χ0) is 15.5. The summed E-state index contributed by atoms with van der Waals surface area (Å²) in [5.74, 6) is 0.350. The highest BCUT2D eigenvalue weighted by atomic mass is 16.6. The first-order chi connectivity index (χ1) is 9.89. The van der Waals surface area contributed by atoms with Gasteiger partial charge in [0, 0.05) is 25.4 Å². The summed E-state index contributed by atoms with van der Waals surface area (Å²) in [7, 11) is 0. The van der Waals surface area contributed by atoms with Crippen LogP contribution < -0.4 is 0 Å². The molecule has 2 rings (SSSR count). The number of aldehydes is 1. The van der Waals surface area contributed by atoms with Gasteiger partial charge in [-0.1, -0.05) is 24.3 Å². The second-order valence-electron chi connectivity index (χ2n) is 6.52. The third kappa shape index (κ3) is 4.31. The molecule has 114 valence electrons. The highest BCUT2D eigenvalue weighted by molar-refractivity contribution is 5.68. The van der Waals surface area contributed by atoms with Crippen molar-refractivity contribution in [1.82, 2.24) is 4.90 Å². The molecule has 0 aliphatic carbocycles. The van der Waals surface area contributed by atoms with Crippen LogP contribution in [-0.2, 0) is 16.0 Å². The standard InChI is InChI=1S/C17H23NO3/c1-17(2,3)21-16(20)18-10-8-15(12-18)14-6-4-13(5-7-14)9-11-19/h4-7,11,15H,8-10,12H2,1-3H3. The van der Waals surface area contributed by atoms with E-state index in [-0.39, 0.29) is 6.09 Å². The predicted octanol–water partition coefficient (Wildman–Crippen LogP) is 3.15. The van der Waals surface area contributed by atoms with E-state index in [2.05, 4.69) is 12.1 Å². The zero-order valence-corrected chi connectivity index (χ0v) is 13.0. The van der Waals surface area contributed by atoms with Crippen molar-refractivity contribution in [2.75, 3.05) is 13.1 Å². The van der Waals surface area contributed by atoms with Gasteiger partial charge in [0.25, 0.3) is 0 Å². The van der Waals surface area contributed by atoms with Gasteiger partial charge in [0.1, 0.15) is 11.9 Å². The number of carbonyl (C=O) groups excluding carboxylic acids is 2. The van der Waals surface area contributed by atoms with E-state index in [1.165, 1.54) is 5.56 Å². The van der Waals surface area contributed by atoms with Crippen LogP contribution in [0.3, 0.4) is 0 Å². The fourth-order valence-corrected chi connectivity index (χ4v) is 2.55. The Morgan fingerprint density at radius 2 is 2.00 bits per heavy atom. The van der Waals surface area contributed by atoms with Crippen LogP contribution in [0.25, 0.3) is 0 Å². The van der Waals surface area contributed by atoms with Crippen LogP contribution in [0.4, 0.5) is 4.79 Å². The van der Waals surface area contributed by atoms with Gasteiger partial charge in [0.2, 0.25) is 0 Å². The second-order valence-corrected chi connectivity index (χ2v) is 6.52. The average Bonchev–Trinajstić information content (AvgIpc) is 2.88. The molecule has 1 heterocycles. The molecule has 4 nitrogen and oxygen atoms in total. The molecule has 0 aromatic heterocycles. The Balaban J connectivity index is 1.95. The number of carbonyl (C=O) groups is 2. The Morgan fingerprint density at radius 1 is 1.33 bits per heavy atom. The van der Waals surface area contributed by atoms with E-state index in [1.54, 1.807) is 4.90 Å². The molecule has 1 aliphatic rings. The lowest BCUT2D eigenvalue weighted by Gasteiger charge is -2.24. The molecule has 1 fully saturated rings. The van der Waals surface area contributed by atoms with Gasteiger partial charge in [-0.25, -0.2) is 4.79 Å². The molecule has 1 saturated heterocycles. The maximum Gasteiger partial charge on any atom is 0.410 e. The summed E-state index contributed by atoms with van der Waals surface area (Å²) < 4.78 is 5.41. The van der Waals surface area contributed by atoms with E-state index in [9.17, 15) is 9.59 Å². The third-order valence-corrected chi connectivity index (χ3v) is 3.61. The first-order valence-electron chi connectivity index (χ1n) is 7.39. The summed E-state index contributed by atoms with van der Waals surface area (Å²) in [6.45, 7) is 7.07. The van der Waals surface area contributed by atoms with E-state index in [4.69, 9.17) is 4.74 Å². The molecule has 0 bridgehead atoms. The average molecular weight is 289 g/mol. The lowest BCUT2D eigenvalue weighted by atomic mass is 9.97. The van der Waals surface area contributed by atoms with E-state index >= 15 is 0 Å². The molecule has 0 N–H and O–H groups in total. The van der Waals surface area contributed by atoms with Gasteiger partial charge in [-0.15, -0.1) is 0 Å². The van der Waals surface area contributed by atoms with Gasteiger partial charge < -0.3 is 14.4 Å². The van der Waals surface area contributed by atoms with Gasteiger partial charge >= 0.3 is 6.09 Å². The molecular weight excluding hydrogens is 266 g/mol. The fraction of sp³-hybridized carbons (Fsp3) is 0.529. The summed E-state index contributed by atoms with van der Waals surface area (Å²) >= 11 is 0. The summed E-state index contributed by atoms with van der Waals surface area (Å²) in [6.07, 6.45) is 2.08. The molecule has 1 aliphatic heterocycles. The lowest BCUT2D eigenvalue weighted by Crippen LogP contribution is -2.35. The molecule has 1 amide bonds. The topological polar surface area (TPSA) is 46.6 Å². The monoisotopic (exact) mass is 289 g/mol. The summed E-state index contributed by atoms with van der Waals surface area (Å²) in [6, 6.07) is 8.09. The SMILES string of the molecule is CC(C)(C)OC(=O)N1CCC(c2ccc(CC=O)cc2)C1. The Morgan fingerprint density at radius 3 is 2.57 bits per heavy atom. The van der Waals surface area contributed by atoms with Crippen molar-refractivity contribution in [3.05, 3.63) is 35.4 Å². The number of ether oxygens (including phenoxy) is 1. The molecule has 1 unspecified atom stereocenters. The van der Waals surface area contributed by atoms with Crippen molar-refractivity contribution < 1.29 is 14.3 Å². The van der Waals surface area contributed by atoms with Crippen LogP contribution in [0.2, 0.25) is 0 Å². The maximum atomic E-state index is 12.0. The van der Waals surface area contributed by atoms with E-state index in [1.807, 2.05) is 32.9 Å². The first kappa shape index (κ1) is 15.5. The van der Waals surface area contributed by atoms with Gasteiger partial charge in [0.15, 0.2) is 0 Å². The number of amides is 1. The minimum absolute atomic E-state index is 0.234. The second kappa shape index (κ2) is 6.29. The molecule has 0 radical (unpaired) electrons. The number of hydrogen-bond acceptors (Lipinski definition) is 3. The molecule has 4 heteroatoms. The van der Waals surface area contributed by atoms with E-state index < -0.39 is 5.60 Å². The van der Waals surface area contributed by atoms with Gasteiger partial charge in [-0.05, 0) is 38.3 Å².